The molecule has 0 bridgehead atoms. The number of H-pyrrole nitrogens is 1. The number of methoxy groups -OCH3 is 1. The van der Waals surface area contributed by atoms with Gasteiger partial charge in [-0.05, 0) is 30.3 Å². The molecule has 0 unspecified atom stereocenters. The lowest BCUT2D eigenvalue weighted by Crippen LogP contribution is -2.36. The summed E-state index contributed by atoms with van der Waals surface area (Å²) in [5, 5.41) is 10.1. The van der Waals surface area contributed by atoms with E-state index < -0.39 is 5.97 Å². The van der Waals surface area contributed by atoms with Gasteiger partial charge in [-0.3, -0.25) is 4.79 Å². The quantitative estimate of drug-likeness (QED) is 0.760. The number of carbonyl (C=O) groups excluding carboxylic acids is 1. The van der Waals surface area contributed by atoms with Gasteiger partial charge < -0.3 is 19.7 Å². The van der Waals surface area contributed by atoms with Crippen LogP contribution in [-0.4, -0.2) is 40.5 Å². The Bertz CT molecular complexity index is 1020. The van der Waals surface area contributed by atoms with Gasteiger partial charge in [-0.15, -0.1) is 0 Å². The molecule has 3 aromatic rings. The number of nitrogens with zero attached hydrogens (tertiary/aromatic N) is 1. The van der Waals surface area contributed by atoms with Crippen molar-refractivity contribution in [1.29, 1.82) is 0 Å². The standard InChI is InChI=1S/C20H18N2O4/c1-26-18-5-3-2-4-13(18)19(23)22-9-8-17-15(11-22)14-10-12(20(24)25)6-7-16(14)21-17/h2-7,10,21H,8-9,11H2,1H3,(H,24,25). The van der Waals surface area contributed by atoms with E-state index in [2.05, 4.69) is 4.98 Å². The lowest BCUT2D eigenvalue weighted by Gasteiger charge is -2.28. The Morgan fingerprint density at radius 3 is 2.77 bits per heavy atom. The van der Waals surface area contributed by atoms with E-state index in [4.69, 9.17) is 4.74 Å². The van der Waals surface area contributed by atoms with Gasteiger partial charge in [0.25, 0.3) is 5.91 Å². The highest BCUT2D eigenvalue weighted by atomic mass is 16.5. The highest BCUT2D eigenvalue weighted by molar-refractivity contribution is 5.98. The van der Waals surface area contributed by atoms with Gasteiger partial charge in [0.05, 0.1) is 18.2 Å². The molecule has 2 N–H and O–H groups in total. The van der Waals surface area contributed by atoms with Crippen molar-refractivity contribution in [3.8, 4) is 5.75 Å². The number of fused-ring (bicyclic) bond motifs is 3. The van der Waals surface area contributed by atoms with E-state index in [9.17, 15) is 14.7 Å². The van der Waals surface area contributed by atoms with Crippen LogP contribution in [0.25, 0.3) is 10.9 Å². The van der Waals surface area contributed by atoms with Crippen LogP contribution in [-0.2, 0) is 13.0 Å². The number of nitrogens with one attached hydrogen (secondary N) is 1. The first-order valence-electron chi connectivity index (χ1n) is 8.37. The minimum atomic E-state index is -0.959. The summed E-state index contributed by atoms with van der Waals surface area (Å²) in [5.41, 5.74) is 3.72. The van der Waals surface area contributed by atoms with E-state index in [0.717, 1.165) is 22.2 Å². The third-order valence-corrected chi connectivity index (χ3v) is 4.85. The number of ether oxygens (including phenoxy) is 1. The summed E-state index contributed by atoms with van der Waals surface area (Å²) in [6.07, 6.45) is 0.702. The molecule has 26 heavy (non-hydrogen) atoms. The van der Waals surface area contributed by atoms with Crippen LogP contribution in [0.15, 0.2) is 42.5 Å². The largest absolute Gasteiger partial charge is 0.496 e. The number of benzene rings is 2. The first kappa shape index (κ1) is 16.2. The molecule has 132 valence electrons. The number of carbonyl (C=O) groups is 2. The Morgan fingerprint density at radius 2 is 2.00 bits per heavy atom. The van der Waals surface area contributed by atoms with Crippen LogP contribution in [0.4, 0.5) is 0 Å². The van der Waals surface area contributed by atoms with E-state index in [1.807, 2.05) is 12.1 Å². The lowest BCUT2D eigenvalue weighted by molar-refractivity contribution is 0.0694. The summed E-state index contributed by atoms with van der Waals surface area (Å²) in [4.78, 5) is 29.4. The van der Waals surface area contributed by atoms with Crippen molar-refractivity contribution < 1.29 is 19.4 Å². The molecule has 1 aliphatic rings. The van der Waals surface area contributed by atoms with Crippen LogP contribution < -0.4 is 4.74 Å². The molecular weight excluding hydrogens is 332 g/mol. The van der Waals surface area contributed by atoms with Crippen molar-refractivity contribution in [3.05, 3.63) is 64.8 Å². The van der Waals surface area contributed by atoms with Crippen molar-refractivity contribution in [2.45, 2.75) is 13.0 Å². The molecule has 2 aromatic carbocycles. The molecule has 0 saturated heterocycles. The summed E-state index contributed by atoms with van der Waals surface area (Å²) in [5.74, 6) is -0.494. The van der Waals surface area contributed by atoms with Gasteiger partial charge in [0.2, 0.25) is 0 Å². The summed E-state index contributed by atoms with van der Waals surface area (Å²) < 4.78 is 5.31. The van der Waals surface area contributed by atoms with Gasteiger partial charge in [0.1, 0.15) is 5.75 Å². The summed E-state index contributed by atoms with van der Waals surface area (Å²) in [6.45, 7) is 1.04. The van der Waals surface area contributed by atoms with Gasteiger partial charge in [-0.1, -0.05) is 12.1 Å². The molecule has 1 aromatic heterocycles. The molecule has 1 aliphatic heterocycles. The van der Waals surface area contributed by atoms with Crippen LogP contribution in [0.1, 0.15) is 32.0 Å². The average molecular weight is 350 g/mol. The third-order valence-electron chi connectivity index (χ3n) is 4.85. The average Bonchev–Trinajstić information content (AvgIpc) is 3.04. The van der Waals surface area contributed by atoms with Crippen molar-refractivity contribution in [3.63, 3.8) is 0 Å². The van der Waals surface area contributed by atoms with Crippen LogP contribution in [0, 0.1) is 0 Å². The predicted octanol–water partition coefficient (Wildman–Crippen LogP) is 3.07. The fraction of sp³-hybridized carbons (Fsp3) is 0.200. The SMILES string of the molecule is COc1ccccc1C(=O)N1CCc2[nH]c3ccc(C(=O)O)cc3c2C1. The molecule has 6 heteroatoms. The number of amides is 1. The predicted molar refractivity (Wildman–Crippen MR) is 96.7 cm³/mol. The molecule has 0 fully saturated rings. The number of hydrogen-bond acceptors (Lipinski definition) is 3. The Kier molecular flexibility index (Phi) is 3.88. The number of hydrogen-bond donors (Lipinski definition) is 2. The second kappa shape index (κ2) is 6.22. The smallest absolute Gasteiger partial charge is 0.335 e. The number of para-hydroxylation sites is 1. The van der Waals surface area contributed by atoms with Crippen molar-refractivity contribution in [2.24, 2.45) is 0 Å². The van der Waals surface area contributed by atoms with E-state index in [-0.39, 0.29) is 11.5 Å². The molecule has 0 radical (unpaired) electrons. The van der Waals surface area contributed by atoms with E-state index in [0.29, 0.717) is 30.8 Å². The summed E-state index contributed by atoms with van der Waals surface area (Å²) in [6, 6.07) is 12.2. The Labute approximate surface area is 150 Å². The van der Waals surface area contributed by atoms with E-state index in [1.165, 1.54) is 0 Å². The van der Waals surface area contributed by atoms with Crippen molar-refractivity contribution >= 4 is 22.8 Å². The Balaban J connectivity index is 1.70. The molecule has 0 atom stereocenters. The van der Waals surface area contributed by atoms with E-state index >= 15 is 0 Å². The van der Waals surface area contributed by atoms with E-state index in [1.54, 1.807) is 42.3 Å². The third kappa shape index (κ3) is 2.60. The normalized spacial score (nSPS) is 13.5. The molecule has 4 rings (SSSR count). The maximum atomic E-state index is 13.0. The maximum absolute atomic E-state index is 13.0. The zero-order chi connectivity index (χ0) is 18.3. The second-order valence-corrected chi connectivity index (χ2v) is 6.32. The number of aromatic carboxylic acids is 1. The Hall–Kier alpha value is -3.28. The van der Waals surface area contributed by atoms with Gasteiger partial charge >= 0.3 is 5.97 Å². The number of aromatic amines is 1. The van der Waals surface area contributed by atoms with Gasteiger partial charge in [-0.25, -0.2) is 4.79 Å². The van der Waals surface area contributed by atoms with Gasteiger partial charge in [0, 0.05) is 41.7 Å². The highest BCUT2D eigenvalue weighted by Gasteiger charge is 2.26. The number of carboxylic acids is 1. The number of rotatable bonds is 3. The highest BCUT2D eigenvalue weighted by Crippen LogP contribution is 2.30. The molecule has 2 heterocycles. The summed E-state index contributed by atoms with van der Waals surface area (Å²) in [7, 11) is 1.55. The Morgan fingerprint density at radius 1 is 1.19 bits per heavy atom. The first-order chi connectivity index (χ1) is 12.6. The minimum Gasteiger partial charge on any atom is -0.496 e. The molecule has 0 spiro atoms. The van der Waals surface area contributed by atoms with Gasteiger partial charge in [0.15, 0.2) is 0 Å². The fourth-order valence-corrected chi connectivity index (χ4v) is 3.51. The summed E-state index contributed by atoms with van der Waals surface area (Å²) >= 11 is 0. The molecular formula is C20H18N2O4. The van der Waals surface area contributed by atoms with Gasteiger partial charge in [-0.2, -0.15) is 0 Å². The maximum Gasteiger partial charge on any atom is 0.335 e. The van der Waals surface area contributed by atoms with Crippen LogP contribution in [0.3, 0.4) is 0 Å². The van der Waals surface area contributed by atoms with Crippen molar-refractivity contribution in [1.82, 2.24) is 9.88 Å². The second-order valence-electron chi connectivity index (χ2n) is 6.32. The molecule has 0 aliphatic carbocycles. The topological polar surface area (TPSA) is 82.6 Å². The number of carboxylic acid groups (broad SMARTS) is 1. The van der Waals surface area contributed by atoms with Crippen LogP contribution >= 0.6 is 0 Å². The first-order valence-corrected chi connectivity index (χ1v) is 8.37. The molecule has 6 nitrogen and oxygen atoms in total. The lowest BCUT2D eigenvalue weighted by atomic mass is 10.0. The van der Waals surface area contributed by atoms with Crippen molar-refractivity contribution in [2.75, 3.05) is 13.7 Å². The number of aromatic nitrogens is 1. The molecule has 1 amide bonds. The monoisotopic (exact) mass is 350 g/mol. The molecule has 0 saturated carbocycles. The minimum absolute atomic E-state index is 0.0863. The van der Waals surface area contributed by atoms with Crippen LogP contribution in [0.2, 0.25) is 0 Å². The fourth-order valence-electron chi connectivity index (χ4n) is 3.51. The zero-order valence-corrected chi connectivity index (χ0v) is 14.3. The van der Waals surface area contributed by atoms with Crippen LogP contribution in [0.5, 0.6) is 5.75 Å². The zero-order valence-electron chi connectivity index (χ0n) is 14.3.